The molecular formula is C13H23NO. The van der Waals surface area contributed by atoms with Crippen LogP contribution in [0.3, 0.4) is 0 Å². The predicted molar refractivity (Wildman–Crippen MR) is 61.5 cm³/mol. The van der Waals surface area contributed by atoms with Crippen LogP contribution in [0.25, 0.3) is 0 Å². The standard InChI is InChI=1S/C13H23NO/c1-2-12-7-6-8-13(11-12)15-10-5-3-4-9-14/h12-13H,2-8,10-11H2,1H3. The highest BCUT2D eigenvalue weighted by molar-refractivity contribution is 4.73. The molecule has 86 valence electrons. The van der Waals surface area contributed by atoms with Gasteiger partial charge >= 0.3 is 0 Å². The highest BCUT2D eigenvalue weighted by Gasteiger charge is 2.20. The van der Waals surface area contributed by atoms with Gasteiger partial charge in [-0.3, -0.25) is 0 Å². The van der Waals surface area contributed by atoms with Gasteiger partial charge in [0.05, 0.1) is 12.2 Å². The van der Waals surface area contributed by atoms with Gasteiger partial charge in [-0.25, -0.2) is 0 Å². The fraction of sp³-hybridized carbons (Fsp3) is 0.923. The number of hydrogen-bond acceptors (Lipinski definition) is 2. The first-order chi connectivity index (χ1) is 7.36. The van der Waals surface area contributed by atoms with E-state index in [9.17, 15) is 0 Å². The van der Waals surface area contributed by atoms with Gasteiger partial charge in [0, 0.05) is 13.0 Å². The molecule has 0 heterocycles. The second-order valence-corrected chi connectivity index (χ2v) is 4.55. The zero-order chi connectivity index (χ0) is 10.9. The van der Waals surface area contributed by atoms with Gasteiger partial charge in [0.2, 0.25) is 0 Å². The van der Waals surface area contributed by atoms with Crippen molar-refractivity contribution in [3.8, 4) is 6.07 Å². The molecular weight excluding hydrogens is 186 g/mol. The summed E-state index contributed by atoms with van der Waals surface area (Å²) in [5.74, 6) is 0.892. The Morgan fingerprint density at radius 2 is 2.20 bits per heavy atom. The van der Waals surface area contributed by atoms with Crippen LogP contribution < -0.4 is 0 Å². The Kier molecular flexibility index (Phi) is 6.43. The van der Waals surface area contributed by atoms with Gasteiger partial charge in [-0.2, -0.15) is 5.26 Å². The van der Waals surface area contributed by atoms with Gasteiger partial charge in [-0.15, -0.1) is 0 Å². The minimum absolute atomic E-state index is 0.505. The summed E-state index contributed by atoms with van der Waals surface area (Å²) in [4.78, 5) is 0. The first kappa shape index (κ1) is 12.5. The smallest absolute Gasteiger partial charge is 0.0621 e. The summed E-state index contributed by atoms with van der Waals surface area (Å²) >= 11 is 0. The molecule has 1 saturated carbocycles. The van der Waals surface area contributed by atoms with Gasteiger partial charge in [0.1, 0.15) is 0 Å². The van der Waals surface area contributed by atoms with Gasteiger partial charge < -0.3 is 4.74 Å². The van der Waals surface area contributed by atoms with Crippen molar-refractivity contribution in [2.45, 2.75) is 64.4 Å². The highest BCUT2D eigenvalue weighted by atomic mass is 16.5. The quantitative estimate of drug-likeness (QED) is 0.625. The van der Waals surface area contributed by atoms with E-state index in [2.05, 4.69) is 13.0 Å². The molecule has 0 bridgehead atoms. The summed E-state index contributed by atoms with van der Waals surface area (Å²) in [6, 6.07) is 2.17. The summed E-state index contributed by atoms with van der Waals surface area (Å²) in [6.45, 7) is 3.13. The van der Waals surface area contributed by atoms with Crippen molar-refractivity contribution in [3.63, 3.8) is 0 Å². The molecule has 2 heteroatoms. The average Bonchev–Trinajstić information content (AvgIpc) is 2.29. The zero-order valence-electron chi connectivity index (χ0n) is 9.87. The molecule has 0 aromatic carbocycles. The fourth-order valence-corrected chi connectivity index (χ4v) is 2.32. The Morgan fingerprint density at radius 1 is 1.33 bits per heavy atom. The first-order valence-corrected chi connectivity index (χ1v) is 6.35. The van der Waals surface area contributed by atoms with E-state index in [4.69, 9.17) is 10.00 Å². The zero-order valence-corrected chi connectivity index (χ0v) is 9.87. The molecule has 1 rings (SSSR count). The van der Waals surface area contributed by atoms with Crippen LogP contribution in [-0.4, -0.2) is 12.7 Å². The fourth-order valence-electron chi connectivity index (χ4n) is 2.32. The van der Waals surface area contributed by atoms with Gasteiger partial charge in [0.15, 0.2) is 0 Å². The molecule has 1 aliphatic carbocycles. The number of ether oxygens (including phenoxy) is 1. The summed E-state index contributed by atoms with van der Waals surface area (Å²) in [5, 5.41) is 8.39. The van der Waals surface area contributed by atoms with E-state index < -0.39 is 0 Å². The van der Waals surface area contributed by atoms with Crippen LogP contribution in [0.15, 0.2) is 0 Å². The van der Waals surface area contributed by atoms with Crippen molar-refractivity contribution in [3.05, 3.63) is 0 Å². The Labute approximate surface area is 93.6 Å². The number of hydrogen-bond donors (Lipinski definition) is 0. The van der Waals surface area contributed by atoms with Crippen molar-refractivity contribution in [2.75, 3.05) is 6.61 Å². The Morgan fingerprint density at radius 3 is 2.93 bits per heavy atom. The molecule has 2 unspecified atom stereocenters. The molecule has 0 spiro atoms. The van der Waals surface area contributed by atoms with Crippen LogP contribution in [0.4, 0.5) is 0 Å². The van der Waals surface area contributed by atoms with Gasteiger partial charge in [0.25, 0.3) is 0 Å². The Hall–Kier alpha value is -0.550. The van der Waals surface area contributed by atoms with Crippen LogP contribution in [0, 0.1) is 17.2 Å². The molecule has 0 amide bonds. The van der Waals surface area contributed by atoms with Crippen LogP contribution in [0.1, 0.15) is 58.3 Å². The minimum atomic E-state index is 0.505. The minimum Gasteiger partial charge on any atom is -0.378 e. The molecule has 0 aliphatic heterocycles. The van der Waals surface area contributed by atoms with Crippen molar-refractivity contribution < 1.29 is 4.74 Å². The largest absolute Gasteiger partial charge is 0.378 e. The second kappa shape index (κ2) is 7.70. The van der Waals surface area contributed by atoms with Crippen molar-refractivity contribution in [1.29, 1.82) is 5.26 Å². The maximum Gasteiger partial charge on any atom is 0.0621 e. The molecule has 0 aromatic heterocycles. The van der Waals surface area contributed by atoms with E-state index in [1.54, 1.807) is 0 Å². The molecule has 2 nitrogen and oxygen atoms in total. The lowest BCUT2D eigenvalue weighted by molar-refractivity contribution is 0.0109. The van der Waals surface area contributed by atoms with E-state index in [-0.39, 0.29) is 0 Å². The highest BCUT2D eigenvalue weighted by Crippen LogP contribution is 2.28. The number of nitriles is 1. The topological polar surface area (TPSA) is 33.0 Å². The molecule has 1 fully saturated rings. The molecule has 1 aliphatic rings. The van der Waals surface area contributed by atoms with E-state index in [1.165, 1.54) is 32.1 Å². The van der Waals surface area contributed by atoms with Crippen LogP contribution >= 0.6 is 0 Å². The monoisotopic (exact) mass is 209 g/mol. The maximum absolute atomic E-state index is 8.39. The number of rotatable bonds is 6. The SMILES string of the molecule is CCC1CCCC(OCCCCC#N)C1. The van der Waals surface area contributed by atoms with Crippen LogP contribution in [0.5, 0.6) is 0 Å². The molecule has 15 heavy (non-hydrogen) atoms. The average molecular weight is 209 g/mol. The first-order valence-electron chi connectivity index (χ1n) is 6.35. The summed E-state index contributed by atoms with van der Waals surface area (Å²) in [6.07, 6.45) is 9.74. The third-order valence-electron chi connectivity index (χ3n) is 3.35. The molecule has 0 saturated heterocycles. The molecule has 0 aromatic rings. The molecule has 0 radical (unpaired) electrons. The third kappa shape index (κ3) is 5.18. The van der Waals surface area contributed by atoms with E-state index >= 15 is 0 Å². The van der Waals surface area contributed by atoms with Gasteiger partial charge in [-0.05, 0) is 31.6 Å². The normalized spacial score (nSPS) is 26.1. The lowest BCUT2D eigenvalue weighted by atomic mass is 9.85. The van der Waals surface area contributed by atoms with Crippen molar-refractivity contribution in [1.82, 2.24) is 0 Å². The lowest BCUT2D eigenvalue weighted by Crippen LogP contribution is -2.23. The number of nitrogens with zero attached hydrogens (tertiary/aromatic N) is 1. The third-order valence-corrected chi connectivity index (χ3v) is 3.35. The van der Waals surface area contributed by atoms with Crippen molar-refractivity contribution in [2.24, 2.45) is 5.92 Å². The lowest BCUT2D eigenvalue weighted by Gasteiger charge is -2.28. The number of unbranched alkanes of at least 4 members (excludes halogenated alkanes) is 2. The van der Waals surface area contributed by atoms with Crippen molar-refractivity contribution >= 4 is 0 Å². The van der Waals surface area contributed by atoms with Crippen LogP contribution in [0.2, 0.25) is 0 Å². The van der Waals surface area contributed by atoms with E-state index in [0.29, 0.717) is 12.5 Å². The summed E-state index contributed by atoms with van der Waals surface area (Å²) < 4.78 is 5.85. The Balaban J connectivity index is 2.03. The van der Waals surface area contributed by atoms with Gasteiger partial charge in [-0.1, -0.05) is 26.2 Å². The Bertz CT molecular complexity index is 197. The summed E-state index contributed by atoms with van der Waals surface area (Å²) in [5.41, 5.74) is 0. The van der Waals surface area contributed by atoms with E-state index in [1.807, 2.05) is 0 Å². The molecule has 2 atom stereocenters. The predicted octanol–water partition coefficient (Wildman–Crippen LogP) is 3.67. The molecule has 0 N–H and O–H groups in total. The van der Waals surface area contributed by atoms with Crippen LogP contribution in [-0.2, 0) is 4.74 Å². The second-order valence-electron chi connectivity index (χ2n) is 4.55. The summed E-state index contributed by atoms with van der Waals surface area (Å²) in [7, 11) is 0. The van der Waals surface area contributed by atoms with E-state index in [0.717, 1.165) is 25.4 Å². The maximum atomic E-state index is 8.39.